The van der Waals surface area contributed by atoms with Gasteiger partial charge in [-0.2, -0.15) is 0 Å². The highest BCUT2D eigenvalue weighted by molar-refractivity contribution is 7.98. The summed E-state index contributed by atoms with van der Waals surface area (Å²) in [5.41, 5.74) is 0.464. The van der Waals surface area contributed by atoms with Gasteiger partial charge in [-0.3, -0.25) is 0 Å². The van der Waals surface area contributed by atoms with Gasteiger partial charge in [0, 0.05) is 18.0 Å². The summed E-state index contributed by atoms with van der Waals surface area (Å²) in [6, 6.07) is 6.15. The van der Waals surface area contributed by atoms with Gasteiger partial charge in [-0.25, -0.2) is 18.6 Å². The van der Waals surface area contributed by atoms with Gasteiger partial charge >= 0.3 is 5.97 Å². The molecule has 1 N–H and O–H groups in total. The van der Waals surface area contributed by atoms with Crippen LogP contribution in [-0.4, -0.2) is 16.1 Å². The molecule has 0 aliphatic carbocycles. The number of benzene rings is 1. The van der Waals surface area contributed by atoms with Crippen LogP contribution < -0.4 is 0 Å². The molecule has 0 aliphatic heterocycles. The van der Waals surface area contributed by atoms with Gasteiger partial charge in [-0.05, 0) is 23.8 Å². The number of carboxylic acids is 1. The standard InChI is InChI=1S/C13H9F2NO2S/c14-10-2-1-9(11(15)6-10)7-19-12-5-8(13(17)18)3-4-16-12/h1-6H,7H2,(H,17,18). The average molecular weight is 281 g/mol. The predicted molar refractivity (Wildman–Crippen MR) is 67.1 cm³/mol. The van der Waals surface area contributed by atoms with E-state index < -0.39 is 17.6 Å². The van der Waals surface area contributed by atoms with E-state index in [1.165, 1.54) is 42.2 Å². The summed E-state index contributed by atoms with van der Waals surface area (Å²) in [6.45, 7) is 0. The fourth-order valence-electron chi connectivity index (χ4n) is 1.41. The van der Waals surface area contributed by atoms with Gasteiger partial charge in [0.2, 0.25) is 0 Å². The van der Waals surface area contributed by atoms with Crippen molar-refractivity contribution in [3.63, 3.8) is 0 Å². The van der Waals surface area contributed by atoms with Gasteiger partial charge in [0.1, 0.15) is 11.6 Å². The van der Waals surface area contributed by atoms with Crippen molar-refractivity contribution in [3.8, 4) is 0 Å². The van der Waals surface area contributed by atoms with Crippen LogP contribution in [0.3, 0.4) is 0 Å². The van der Waals surface area contributed by atoms with Crippen LogP contribution in [0.2, 0.25) is 0 Å². The van der Waals surface area contributed by atoms with Crippen LogP contribution in [0.25, 0.3) is 0 Å². The first-order valence-electron chi connectivity index (χ1n) is 5.32. The van der Waals surface area contributed by atoms with E-state index in [1.54, 1.807) is 0 Å². The SMILES string of the molecule is O=C(O)c1ccnc(SCc2ccc(F)cc2F)c1. The Morgan fingerprint density at radius 1 is 1.26 bits per heavy atom. The van der Waals surface area contributed by atoms with Gasteiger partial charge in [0.25, 0.3) is 0 Å². The van der Waals surface area contributed by atoms with Crippen molar-refractivity contribution >= 4 is 17.7 Å². The average Bonchev–Trinajstić information content (AvgIpc) is 2.38. The molecule has 1 aromatic carbocycles. The van der Waals surface area contributed by atoms with Crippen LogP contribution in [0.15, 0.2) is 41.6 Å². The van der Waals surface area contributed by atoms with E-state index in [2.05, 4.69) is 4.98 Å². The summed E-state index contributed by atoms with van der Waals surface area (Å²) < 4.78 is 26.1. The Morgan fingerprint density at radius 3 is 2.74 bits per heavy atom. The monoisotopic (exact) mass is 281 g/mol. The second-order valence-corrected chi connectivity index (χ2v) is 4.71. The number of carbonyl (C=O) groups is 1. The summed E-state index contributed by atoms with van der Waals surface area (Å²) in [4.78, 5) is 14.8. The lowest BCUT2D eigenvalue weighted by Crippen LogP contribution is -1.97. The van der Waals surface area contributed by atoms with E-state index in [1.807, 2.05) is 0 Å². The molecule has 0 aliphatic rings. The number of nitrogens with zero attached hydrogens (tertiary/aromatic N) is 1. The first-order chi connectivity index (χ1) is 9.06. The molecule has 0 atom stereocenters. The van der Waals surface area contributed by atoms with Gasteiger partial charge in [0.15, 0.2) is 0 Å². The Labute approximate surface area is 112 Å². The lowest BCUT2D eigenvalue weighted by atomic mass is 10.2. The third-order valence-electron chi connectivity index (χ3n) is 2.37. The molecule has 19 heavy (non-hydrogen) atoms. The van der Waals surface area contributed by atoms with E-state index >= 15 is 0 Å². The number of carboxylic acid groups (broad SMARTS) is 1. The number of aromatic carboxylic acids is 1. The third kappa shape index (κ3) is 3.51. The quantitative estimate of drug-likeness (QED) is 0.873. The fourth-order valence-corrected chi connectivity index (χ4v) is 2.30. The van der Waals surface area contributed by atoms with Crippen molar-refractivity contribution in [2.45, 2.75) is 10.8 Å². The zero-order chi connectivity index (χ0) is 13.8. The van der Waals surface area contributed by atoms with Crippen LogP contribution in [-0.2, 0) is 5.75 Å². The number of pyridine rings is 1. The lowest BCUT2D eigenvalue weighted by molar-refractivity contribution is 0.0696. The topological polar surface area (TPSA) is 50.2 Å². The number of hydrogen-bond donors (Lipinski definition) is 1. The molecule has 3 nitrogen and oxygen atoms in total. The van der Waals surface area contributed by atoms with E-state index in [9.17, 15) is 13.6 Å². The predicted octanol–water partition coefficient (Wildman–Crippen LogP) is 3.35. The van der Waals surface area contributed by atoms with Crippen LogP contribution in [0, 0.1) is 11.6 Å². The zero-order valence-electron chi connectivity index (χ0n) is 9.64. The maximum absolute atomic E-state index is 13.4. The molecular weight excluding hydrogens is 272 g/mol. The molecule has 0 spiro atoms. The number of hydrogen-bond acceptors (Lipinski definition) is 3. The first kappa shape index (κ1) is 13.5. The van der Waals surface area contributed by atoms with Crippen molar-refractivity contribution in [1.29, 1.82) is 0 Å². The number of halogens is 2. The Balaban J connectivity index is 2.10. The molecule has 0 amide bonds. The minimum atomic E-state index is -1.04. The maximum Gasteiger partial charge on any atom is 0.335 e. The molecule has 0 bridgehead atoms. The van der Waals surface area contributed by atoms with Gasteiger partial charge in [0.05, 0.1) is 10.6 Å². The van der Waals surface area contributed by atoms with E-state index in [0.29, 0.717) is 10.6 Å². The molecule has 1 aromatic heterocycles. The van der Waals surface area contributed by atoms with Crippen LogP contribution >= 0.6 is 11.8 Å². The lowest BCUT2D eigenvalue weighted by Gasteiger charge is -2.03. The van der Waals surface area contributed by atoms with Crippen LogP contribution in [0.5, 0.6) is 0 Å². The molecule has 0 saturated carbocycles. The summed E-state index contributed by atoms with van der Waals surface area (Å²) >= 11 is 1.19. The maximum atomic E-state index is 13.4. The van der Waals surface area contributed by atoms with Crippen molar-refractivity contribution in [2.24, 2.45) is 0 Å². The second-order valence-electron chi connectivity index (χ2n) is 3.71. The number of aromatic nitrogens is 1. The number of rotatable bonds is 4. The minimum Gasteiger partial charge on any atom is -0.478 e. The Bertz CT molecular complexity index is 619. The molecule has 98 valence electrons. The molecule has 2 rings (SSSR count). The number of thioether (sulfide) groups is 1. The molecule has 0 fully saturated rings. The van der Waals surface area contributed by atoms with Gasteiger partial charge in [-0.1, -0.05) is 6.07 Å². The molecule has 0 saturated heterocycles. The van der Waals surface area contributed by atoms with E-state index in [0.717, 1.165) is 6.07 Å². The Kier molecular flexibility index (Phi) is 4.11. The summed E-state index contributed by atoms with van der Waals surface area (Å²) in [5.74, 6) is -2.04. The smallest absolute Gasteiger partial charge is 0.335 e. The first-order valence-corrected chi connectivity index (χ1v) is 6.31. The van der Waals surface area contributed by atoms with Crippen molar-refractivity contribution in [2.75, 3.05) is 0 Å². The highest BCUT2D eigenvalue weighted by atomic mass is 32.2. The summed E-state index contributed by atoms with van der Waals surface area (Å²) in [7, 11) is 0. The summed E-state index contributed by atoms with van der Waals surface area (Å²) in [5, 5.41) is 9.31. The normalized spacial score (nSPS) is 10.4. The largest absolute Gasteiger partial charge is 0.478 e. The van der Waals surface area contributed by atoms with Crippen molar-refractivity contribution in [3.05, 3.63) is 59.3 Å². The van der Waals surface area contributed by atoms with Crippen molar-refractivity contribution in [1.82, 2.24) is 4.98 Å². The highest BCUT2D eigenvalue weighted by Crippen LogP contribution is 2.23. The molecule has 1 heterocycles. The van der Waals surface area contributed by atoms with Crippen LogP contribution in [0.4, 0.5) is 8.78 Å². The Hall–Kier alpha value is -1.95. The molecule has 6 heteroatoms. The molecule has 0 unspecified atom stereocenters. The molecule has 0 radical (unpaired) electrons. The minimum absolute atomic E-state index is 0.122. The third-order valence-corrected chi connectivity index (χ3v) is 3.35. The Morgan fingerprint density at radius 2 is 2.05 bits per heavy atom. The van der Waals surface area contributed by atoms with E-state index in [4.69, 9.17) is 5.11 Å². The van der Waals surface area contributed by atoms with Gasteiger partial charge in [-0.15, -0.1) is 11.8 Å². The highest BCUT2D eigenvalue weighted by Gasteiger charge is 2.07. The van der Waals surface area contributed by atoms with E-state index in [-0.39, 0.29) is 11.3 Å². The van der Waals surface area contributed by atoms with Gasteiger partial charge < -0.3 is 5.11 Å². The van der Waals surface area contributed by atoms with Crippen molar-refractivity contribution < 1.29 is 18.7 Å². The summed E-state index contributed by atoms with van der Waals surface area (Å²) in [6.07, 6.45) is 1.38. The zero-order valence-corrected chi connectivity index (χ0v) is 10.5. The fraction of sp³-hybridized carbons (Fsp3) is 0.0769. The second kappa shape index (κ2) is 5.79. The molecular formula is C13H9F2NO2S. The molecule has 2 aromatic rings. The van der Waals surface area contributed by atoms with Crippen LogP contribution in [0.1, 0.15) is 15.9 Å².